The zero-order valence-corrected chi connectivity index (χ0v) is 10.2. The standard InChI is InChI=1S/C12H15N3S/c1-8-6-11(16-9(8)2)12(15-13)10-4-3-5-14-7-10/h3-7,12,15H,13H2,1-2H3. The summed E-state index contributed by atoms with van der Waals surface area (Å²) in [6.07, 6.45) is 3.61. The van der Waals surface area contributed by atoms with E-state index >= 15 is 0 Å². The number of pyridine rings is 1. The van der Waals surface area contributed by atoms with Gasteiger partial charge in [-0.25, -0.2) is 5.43 Å². The third-order valence-electron chi connectivity index (χ3n) is 2.65. The van der Waals surface area contributed by atoms with Crippen molar-refractivity contribution in [3.05, 3.63) is 51.5 Å². The molecule has 0 radical (unpaired) electrons. The maximum Gasteiger partial charge on any atom is 0.0817 e. The molecule has 0 aliphatic carbocycles. The zero-order chi connectivity index (χ0) is 11.5. The molecule has 0 saturated heterocycles. The minimum absolute atomic E-state index is 0.0334. The molecule has 0 aliphatic heterocycles. The summed E-state index contributed by atoms with van der Waals surface area (Å²) in [6.45, 7) is 4.24. The number of rotatable bonds is 3. The van der Waals surface area contributed by atoms with E-state index in [4.69, 9.17) is 5.84 Å². The number of nitrogens with two attached hydrogens (primary N) is 1. The summed E-state index contributed by atoms with van der Waals surface area (Å²) in [4.78, 5) is 6.68. The number of hydrogen-bond donors (Lipinski definition) is 2. The molecule has 2 aromatic rings. The molecule has 2 aromatic heterocycles. The van der Waals surface area contributed by atoms with E-state index in [1.807, 2.05) is 18.3 Å². The second-order valence-corrected chi connectivity index (χ2v) is 5.06. The first-order valence-corrected chi connectivity index (χ1v) is 5.97. The van der Waals surface area contributed by atoms with Crippen LogP contribution in [0.2, 0.25) is 0 Å². The highest BCUT2D eigenvalue weighted by Crippen LogP contribution is 2.29. The maximum absolute atomic E-state index is 5.63. The lowest BCUT2D eigenvalue weighted by molar-refractivity contribution is 0.644. The second kappa shape index (κ2) is 4.74. The first-order chi connectivity index (χ1) is 7.72. The largest absolute Gasteiger partial charge is 0.271 e. The van der Waals surface area contributed by atoms with Gasteiger partial charge in [0.05, 0.1) is 6.04 Å². The van der Waals surface area contributed by atoms with Crippen LogP contribution in [0.25, 0.3) is 0 Å². The van der Waals surface area contributed by atoms with Gasteiger partial charge in [0.15, 0.2) is 0 Å². The van der Waals surface area contributed by atoms with E-state index in [1.165, 1.54) is 15.3 Å². The topological polar surface area (TPSA) is 50.9 Å². The van der Waals surface area contributed by atoms with Gasteiger partial charge in [-0.1, -0.05) is 6.07 Å². The number of nitrogens with one attached hydrogen (secondary N) is 1. The molecule has 3 N–H and O–H groups in total. The van der Waals surface area contributed by atoms with Crippen molar-refractivity contribution < 1.29 is 0 Å². The molecule has 0 aliphatic rings. The van der Waals surface area contributed by atoms with E-state index in [9.17, 15) is 0 Å². The van der Waals surface area contributed by atoms with Gasteiger partial charge >= 0.3 is 0 Å². The van der Waals surface area contributed by atoms with Crippen molar-refractivity contribution in [3.8, 4) is 0 Å². The number of nitrogens with zero attached hydrogens (tertiary/aromatic N) is 1. The zero-order valence-electron chi connectivity index (χ0n) is 9.40. The molecular weight excluding hydrogens is 218 g/mol. The Hall–Kier alpha value is -1.23. The van der Waals surface area contributed by atoms with Gasteiger partial charge in [0, 0.05) is 22.1 Å². The van der Waals surface area contributed by atoms with Crippen LogP contribution in [0.3, 0.4) is 0 Å². The lowest BCUT2D eigenvalue weighted by Crippen LogP contribution is -2.28. The summed E-state index contributed by atoms with van der Waals surface area (Å²) < 4.78 is 0. The van der Waals surface area contributed by atoms with E-state index in [1.54, 1.807) is 17.5 Å². The van der Waals surface area contributed by atoms with Gasteiger partial charge in [0.1, 0.15) is 0 Å². The molecule has 3 nitrogen and oxygen atoms in total. The molecule has 1 unspecified atom stereocenters. The Morgan fingerprint density at radius 2 is 2.25 bits per heavy atom. The molecule has 1 atom stereocenters. The van der Waals surface area contributed by atoms with Crippen LogP contribution in [-0.4, -0.2) is 4.98 Å². The van der Waals surface area contributed by atoms with Gasteiger partial charge in [-0.15, -0.1) is 11.3 Å². The van der Waals surface area contributed by atoms with Crippen LogP contribution in [0.4, 0.5) is 0 Å². The number of hydrazine groups is 1. The third kappa shape index (κ3) is 2.14. The Morgan fingerprint density at radius 3 is 2.75 bits per heavy atom. The van der Waals surface area contributed by atoms with Crippen molar-refractivity contribution in [2.75, 3.05) is 0 Å². The van der Waals surface area contributed by atoms with E-state index in [-0.39, 0.29) is 6.04 Å². The van der Waals surface area contributed by atoms with Crippen molar-refractivity contribution >= 4 is 11.3 Å². The summed E-state index contributed by atoms with van der Waals surface area (Å²) in [5.41, 5.74) is 5.24. The maximum atomic E-state index is 5.63. The Kier molecular flexibility index (Phi) is 3.33. The molecule has 0 saturated carbocycles. The van der Waals surface area contributed by atoms with Crippen molar-refractivity contribution in [1.29, 1.82) is 0 Å². The molecule has 0 amide bonds. The van der Waals surface area contributed by atoms with Gasteiger partial charge in [0.2, 0.25) is 0 Å². The minimum Gasteiger partial charge on any atom is -0.271 e. The van der Waals surface area contributed by atoms with Crippen LogP contribution in [0.15, 0.2) is 30.6 Å². The molecule has 16 heavy (non-hydrogen) atoms. The number of aryl methyl sites for hydroxylation is 2. The molecule has 2 heterocycles. The monoisotopic (exact) mass is 233 g/mol. The Labute approximate surface area is 99.3 Å². The van der Waals surface area contributed by atoms with E-state index < -0.39 is 0 Å². The fraction of sp³-hybridized carbons (Fsp3) is 0.250. The van der Waals surface area contributed by atoms with Crippen LogP contribution >= 0.6 is 11.3 Å². The van der Waals surface area contributed by atoms with Crippen LogP contribution < -0.4 is 11.3 Å². The van der Waals surface area contributed by atoms with Gasteiger partial charge in [-0.05, 0) is 37.1 Å². The summed E-state index contributed by atoms with van der Waals surface area (Å²) in [7, 11) is 0. The van der Waals surface area contributed by atoms with E-state index in [2.05, 4.69) is 30.3 Å². The average molecular weight is 233 g/mol. The summed E-state index contributed by atoms with van der Waals surface area (Å²) in [5.74, 6) is 5.63. The van der Waals surface area contributed by atoms with Crippen molar-refractivity contribution in [1.82, 2.24) is 10.4 Å². The van der Waals surface area contributed by atoms with Crippen LogP contribution in [-0.2, 0) is 0 Å². The lowest BCUT2D eigenvalue weighted by atomic mass is 10.1. The predicted octanol–water partition coefficient (Wildman–Crippen LogP) is 2.31. The lowest BCUT2D eigenvalue weighted by Gasteiger charge is -2.13. The third-order valence-corrected chi connectivity index (χ3v) is 3.87. The first kappa shape index (κ1) is 11.3. The normalized spacial score (nSPS) is 12.7. The van der Waals surface area contributed by atoms with Crippen molar-refractivity contribution in [2.24, 2.45) is 5.84 Å². The summed E-state index contributed by atoms with van der Waals surface area (Å²) >= 11 is 1.77. The van der Waals surface area contributed by atoms with E-state index in [0.717, 1.165) is 5.56 Å². The molecular formula is C12H15N3S. The van der Waals surface area contributed by atoms with Gasteiger partial charge < -0.3 is 0 Å². The fourth-order valence-electron chi connectivity index (χ4n) is 1.63. The minimum atomic E-state index is 0.0334. The average Bonchev–Trinajstić information content (AvgIpc) is 2.61. The molecule has 0 bridgehead atoms. The summed E-state index contributed by atoms with van der Waals surface area (Å²) in [6, 6.07) is 6.16. The smallest absolute Gasteiger partial charge is 0.0817 e. The summed E-state index contributed by atoms with van der Waals surface area (Å²) in [5, 5.41) is 0. The van der Waals surface area contributed by atoms with Crippen LogP contribution in [0, 0.1) is 13.8 Å². The predicted molar refractivity (Wildman–Crippen MR) is 67.2 cm³/mol. The first-order valence-electron chi connectivity index (χ1n) is 5.15. The highest BCUT2D eigenvalue weighted by Gasteiger charge is 2.15. The van der Waals surface area contributed by atoms with E-state index in [0.29, 0.717) is 0 Å². The van der Waals surface area contributed by atoms with Gasteiger partial charge in [0.25, 0.3) is 0 Å². The highest BCUT2D eigenvalue weighted by molar-refractivity contribution is 7.12. The Balaban J connectivity index is 2.37. The SMILES string of the molecule is Cc1cc(C(NN)c2cccnc2)sc1C. The molecule has 0 aromatic carbocycles. The quantitative estimate of drug-likeness (QED) is 0.632. The number of hydrogen-bond acceptors (Lipinski definition) is 4. The molecule has 0 fully saturated rings. The number of aromatic nitrogens is 1. The van der Waals surface area contributed by atoms with Gasteiger partial charge in [-0.2, -0.15) is 0 Å². The Bertz CT molecular complexity index is 445. The van der Waals surface area contributed by atoms with Crippen molar-refractivity contribution in [2.45, 2.75) is 19.9 Å². The van der Waals surface area contributed by atoms with Crippen LogP contribution in [0.1, 0.15) is 26.9 Å². The molecule has 0 spiro atoms. The molecule has 2 rings (SSSR count). The van der Waals surface area contributed by atoms with Crippen molar-refractivity contribution in [3.63, 3.8) is 0 Å². The number of thiophene rings is 1. The van der Waals surface area contributed by atoms with Crippen LogP contribution in [0.5, 0.6) is 0 Å². The fourth-order valence-corrected chi connectivity index (χ4v) is 2.76. The highest BCUT2D eigenvalue weighted by atomic mass is 32.1. The molecule has 84 valence electrons. The second-order valence-electron chi connectivity index (χ2n) is 3.77. The Morgan fingerprint density at radius 1 is 1.44 bits per heavy atom. The van der Waals surface area contributed by atoms with Gasteiger partial charge in [-0.3, -0.25) is 10.8 Å². The molecule has 4 heteroatoms.